The van der Waals surface area contributed by atoms with Gasteiger partial charge in [0.05, 0.1) is 15.8 Å². The van der Waals surface area contributed by atoms with Crippen molar-refractivity contribution in [2.75, 3.05) is 5.75 Å². The second-order valence-corrected chi connectivity index (χ2v) is 10.6. The minimum absolute atomic E-state index is 0.0857. The normalized spacial score (nSPS) is 11.6. The van der Waals surface area contributed by atoms with Gasteiger partial charge in [0.2, 0.25) is 0 Å². The molecule has 0 aliphatic carbocycles. The zero-order valence-electron chi connectivity index (χ0n) is 19.5. The first kappa shape index (κ1) is 24.5. The summed E-state index contributed by atoms with van der Waals surface area (Å²) in [4.78, 5) is 20.3. The van der Waals surface area contributed by atoms with Crippen molar-refractivity contribution >= 4 is 26.5 Å². The molecule has 37 heavy (non-hydrogen) atoms. The average molecular weight is 518 g/mol. The zero-order chi connectivity index (χ0) is 26.0. The molecule has 2 aromatic carbocycles. The summed E-state index contributed by atoms with van der Waals surface area (Å²) >= 11 is 0. The molecular weight excluding hydrogens is 496 g/mol. The van der Waals surface area contributed by atoms with Gasteiger partial charge >= 0.3 is 0 Å². The Morgan fingerprint density at radius 3 is 2.46 bits per heavy atom. The van der Waals surface area contributed by atoms with Gasteiger partial charge < -0.3 is 4.57 Å². The van der Waals surface area contributed by atoms with Crippen molar-refractivity contribution in [1.29, 1.82) is 0 Å². The van der Waals surface area contributed by atoms with E-state index in [-0.39, 0.29) is 28.8 Å². The Labute approximate surface area is 212 Å². The second-order valence-electron chi connectivity index (χ2n) is 8.63. The summed E-state index contributed by atoms with van der Waals surface area (Å²) in [6.07, 6.45) is 5.98. The number of pyridine rings is 2. The van der Waals surface area contributed by atoms with E-state index in [2.05, 4.69) is 9.97 Å². The molecule has 186 valence electrons. The minimum atomic E-state index is -4.23. The van der Waals surface area contributed by atoms with Crippen LogP contribution in [0.2, 0.25) is 0 Å². The molecule has 0 saturated heterocycles. The third-order valence-electron chi connectivity index (χ3n) is 5.95. The molecule has 0 saturated carbocycles. The number of hydrogen-bond acceptors (Lipinski definition) is 5. The van der Waals surface area contributed by atoms with Crippen LogP contribution in [-0.4, -0.2) is 34.5 Å². The van der Waals surface area contributed by atoms with Crippen LogP contribution in [0.5, 0.6) is 0 Å². The molecule has 6 nitrogen and oxygen atoms in total. The molecule has 0 N–H and O–H groups in total. The Bertz CT molecular complexity index is 1700. The molecule has 0 unspecified atom stereocenters. The van der Waals surface area contributed by atoms with Crippen molar-refractivity contribution in [1.82, 2.24) is 14.5 Å². The maximum Gasteiger partial charge on any atom is 0.187 e. The summed E-state index contributed by atoms with van der Waals surface area (Å²) in [6, 6.07) is 18.0. The summed E-state index contributed by atoms with van der Waals surface area (Å²) in [5.41, 5.74) is 3.18. The van der Waals surface area contributed by atoms with Gasteiger partial charge in [-0.3, -0.25) is 14.8 Å². The van der Waals surface area contributed by atoms with E-state index in [0.717, 1.165) is 22.8 Å². The molecule has 5 rings (SSSR count). The fourth-order valence-corrected chi connectivity index (χ4v) is 5.79. The third-order valence-corrected chi connectivity index (χ3v) is 7.63. The molecule has 0 atom stereocenters. The summed E-state index contributed by atoms with van der Waals surface area (Å²) < 4.78 is 57.2. The number of halogens is 2. The number of ketones is 1. The fourth-order valence-electron chi connectivity index (χ4n) is 4.31. The predicted octanol–water partition coefficient (Wildman–Crippen LogP) is 5.01. The van der Waals surface area contributed by atoms with Gasteiger partial charge in [0, 0.05) is 49.5 Å². The molecule has 0 amide bonds. The van der Waals surface area contributed by atoms with Gasteiger partial charge in [-0.05, 0) is 53.1 Å². The fraction of sp³-hybridized carbons (Fsp3) is 0.107. The largest absolute Gasteiger partial charge is 0.342 e. The van der Waals surface area contributed by atoms with E-state index in [4.69, 9.17) is 0 Å². The number of nitrogens with zero attached hydrogens (tertiary/aromatic N) is 3. The van der Waals surface area contributed by atoms with Crippen LogP contribution in [0.3, 0.4) is 0 Å². The van der Waals surface area contributed by atoms with E-state index in [9.17, 15) is 22.0 Å². The van der Waals surface area contributed by atoms with Crippen LogP contribution < -0.4 is 0 Å². The number of Topliss-reactive ketones (excluding diaryl/α,β-unsaturated/α-hetero) is 1. The highest BCUT2D eigenvalue weighted by Gasteiger charge is 2.27. The van der Waals surface area contributed by atoms with E-state index >= 15 is 0 Å². The Balaban J connectivity index is 1.51. The number of hydrogen-bond donors (Lipinski definition) is 0. The predicted molar refractivity (Wildman–Crippen MR) is 136 cm³/mol. The van der Waals surface area contributed by atoms with Gasteiger partial charge in [-0.15, -0.1) is 0 Å². The van der Waals surface area contributed by atoms with E-state index < -0.39 is 33.0 Å². The Morgan fingerprint density at radius 2 is 1.70 bits per heavy atom. The number of aromatic nitrogens is 3. The van der Waals surface area contributed by atoms with Gasteiger partial charge in [-0.25, -0.2) is 17.2 Å². The standard InChI is InChI=1S/C28H21F2N3O3S/c29-22-13-25(30)28-26(14-22)33(16-19-4-3-5-21(12-19)20-7-10-31-11-8-20)17-27(28)37(35,36)18-24(34)15-23-6-1-2-9-32-23/h1-14,17H,15-16,18H2. The van der Waals surface area contributed by atoms with Crippen LogP contribution in [0.4, 0.5) is 8.78 Å². The van der Waals surface area contributed by atoms with Gasteiger partial charge in [0.1, 0.15) is 17.4 Å². The van der Waals surface area contributed by atoms with E-state index in [1.165, 1.54) is 17.0 Å². The van der Waals surface area contributed by atoms with Gasteiger partial charge in [-0.2, -0.15) is 0 Å². The van der Waals surface area contributed by atoms with Crippen molar-refractivity contribution < 1.29 is 22.0 Å². The van der Waals surface area contributed by atoms with Crippen LogP contribution in [0.1, 0.15) is 11.3 Å². The average Bonchev–Trinajstić information content (AvgIpc) is 3.24. The Morgan fingerprint density at radius 1 is 0.892 bits per heavy atom. The van der Waals surface area contributed by atoms with Gasteiger partial charge in [0.15, 0.2) is 15.6 Å². The third kappa shape index (κ3) is 5.31. The summed E-state index contributed by atoms with van der Waals surface area (Å²) in [7, 11) is -4.23. The Kier molecular flexibility index (Phi) is 6.62. The SMILES string of the molecule is O=C(Cc1ccccn1)CS(=O)(=O)c1cn(Cc2cccc(-c3ccncc3)c2)c2cc(F)cc(F)c12. The van der Waals surface area contributed by atoms with Crippen LogP contribution >= 0.6 is 0 Å². The van der Waals surface area contributed by atoms with Crippen LogP contribution in [-0.2, 0) is 27.6 Å². The zero-order valence-corrected chi connectivity index (χ0v) is 20.3. The van der Waals surface area contributed by atoms with Crippen molar-refractivity contribution in [2.24, 2.45) is 0 Å². The summed E-state index contributed by atoms with van der Waals surface area (Å²) in [5, 5.41) is -0.239. The van der Waals surface area contributed by atoms with Crippen molar-refractivity contribution in [3.8, 4) is 11.1 Å². The number of benzene rings is 2. The highest BCUT2D eigenvalue weighted by Crippen LogP contribution is 2.31. The molecule has 0 spiro atoms. The number of fused-ring (bicyclic) bond motifs is 1. The Hall–Kier alpha value is -4.24. The molecule has 5 aromatic rings. The number of carbonyl (C=O) groups is 1. The van der Waals surface area contributed by atoms with E-state index in [1.807, 2.05) is 36.4 Å². The van der Waals surface area contributed by atoms with Crippen molar-refractivity contribution in [2.45, 2.75) is 17.9 Å². The summed E-state index contributed by atoms with van der Waals surface area (Å²) in [5.74, 6) is -3.23. The number of sulfone groups is 1. The van der Waals surface area contributed by atoms with E-state index in [1.54, 1.807) is 30.6 Å². The lowest BCUT2D eigenvalue weighted by Gasteiger charge is -2.08. The quantitative estimate of drug-likeness (QED) is 0.289. The number of rotatable bonds is 8. The molecule has 0 radical (unpaired) electrons. The van der Waals surface area contributed by atoms with Gasteiger partial charge in [0.25, 0.3) is 0 Å². The molecular formula is C28H21F2N3O3S. The first-order chi connectivity index (χ1) is 17.8. The van der Waals surface area contributed by atoms with Crippen molar-refractivity contribution in [3.05, 3.63) is 114 Å². The van der Waals surface area contributed by atoms with E-state index in [0.29, 0.717) is 11.8 Å². The first-order valence-electron chi connectivity index (χ1n) is 11.4. The monoisotopic (exact) mass is 517 g/mol. The highest BCUT2D eigenvalue weighted by molar-refractivity contribution is 7.92. The van der Waals surface area contributed by atoms with Crippen molar-refractivity contribution in [3.63, 3.8) is 0 Å². The molecule has 0 bridgehead atoms. The van der Waals surface area contributed by atoms with Gasteiger partial charge in [-0.1, -0.05) is 24.3 Å². The van der Waals surface area contributed by atoms with Crippen LogP contribution in [0.15, 0.2) is 96.4 Å². The minimum Gasteiger partial charge on any atom is -0.342 e. The first-order valence-corrected chi connectivity index (χ1v) is 13.1. The summed E-state index contributed by atoms with van der Waals surface area (Å²) in [6.45, 7) is 0.162. The lowest BCUT2D eigenvalue weighted by atomic mass is 10.0. The molecule has 9 heteroatoms. The smallest absolute Gasteiger partial charge is 0.187 e. The molecule has 3 heterocycles. The second kappa shape index (κ2) is 10.0. The molecule has 0 fully saturated rings. The van der Waals surface area contributed by atoms with Crippen LogP contribution in [0.25, 0.3) is 22.0 Å². The highest BCUT2D eigenvalue weighted by atomic mass is 32.2. The number of carbonyl (C=O) groups excluding carboxylic acids is 1. The maximum atomic E-state index is 14.9. The lowest BCUT2D eigenvalue weighted by Crippen LogP contribution is -2.18. The molecule has 0 aliphatic heterocycles. The maximum absolute atomic E-state index is 14.9. The molecule has 3 aromatic heterocycles. The molecule has 0 aliphatic rings. The topological polar surface area (TPSA) is 81.9 Å². The van der Waals surface area contributed by atoms with Crippen LogP contribution in [0, 0.1) is 11.6 Å². The lowest BCUT2D eigenvalue weighted by molar-refractivity contribution is -0.116.